The molecule has 1 saturated heterocycles. The predicted octanol–water partition coefficient (Wildman–Crippen LogP) is 1.92. The minimum Gasteiger partial charge on any atom is -0.447 e. The lowest BCUT2D eigenvalue weighted by molar-refractivity contribution is 0.177. The molecule has 3 rings (SSSR count). The first kappa shape index (κ1) is 4.49. The van der Waals surface area contributed by atoms with Gasteiger partial charge in [-0.2, -0.15) is 0 Å². The van der Waals surface area contributed by atoms with Crippen molar-refractivity contribution in [3.8, 4) is 0 Å². The van der Waals surface area contributed by atoms with E-state index in [0.29, 0.717) is 4.90 Å². The summed E-state index contributed by atoms with van der Waals surface area (Å²) in [5.74, 6) is 0. The third-order valence-electron chi connectivity index (χ3n) is 2.50. The van der Waals surface area contributed by atoms with E-state index in [9.17, 15) is 4.79 Å². The average molecular weight is 303 g/mol. The van der Waals surface area contributed by atoms with Crippen LogP contribution in [0.2, 0.25) is 2.82 Å². The molecule has 1 atom stereocenters. The van der Waals surface area contributed by atoms with Gasteiger partial charge < -0.3 is 19.9 Å². The van der Waals surface area contributed by atoms with Crippen molar-refractivity contribution < 1.29 is 31.5 Å². The standard InChI is InChI=1S/C16H21N3O2/c1-19(2)6-5-12-9-17-15-4-3-11(8-14(12)15)7-13-10-21-16(20)18-13/h3-4,8-9,13,17H,5-7,10H2,1-2H3,(H,18,20)/t13-/m0/s1/i1D3,3D,4D,5D2,7D2,8D,9D,10D2,13D/hD2. The summed E-state index contributed by atoms with van der Waals surface area (Å²) in [7, 11) is 1.06. The molecule has 112 valence electrons. The number of rotatable bonds is 5. The molecule has 2 aromatic rings. The molecular formula is C16H21N3O2. The number of carbonyl (C=O) groups excluding carboxylic acids is 1. The number of cyclic esters (lactones) is 1. The van der Waals surface area contributed by atoms with Crippen LogP contribution < -0.4 is 5.31 Å². The zero-order valence-corrected chi connectivity index (χ0v) is 10.9. The van der Waals surface area contributed by atoms with Crippen LogP contribution >= 0.6 is 0 Å². The number of nitrogens with one attached hydrogen (secondary N) is 2. The number of likely N-dealkylation sites (N-methyl/N-ethyl adjacent to an activating group) is 1. The van der Waals surface area contributed by atoms with Crippen LogP contribution in [0.4, 0.5) is 4.79 Å². The summed E-state index contributed by atoms with van der Waals surface area (Å²) in [5.41, 5.74) is -2.61. The largest absolute Gasteiger partial charge is 0.447 e. The van der Waals surface area contributed by atoms with Crippen molar-refractivity contribution in [1.29, 1.82) is 0 Å². The first-order valence-corrected chi connectivity index (χ1v) is 5.85. The monoisotopic (exact) mass is 303 g/mol. The molecule has 1 fully saturated rings. The van der Waals surface area contributed by atoms with E-state index in [-0.39, 0.29) is 4.98 Å². The van der Waals surface area contributed by atoms with Gasteiger partial charge in [-0.05, 0) is 50.0 Å². The Morgan fingerprint density at radius 3 is 3.43 bits per heavy atom. The van der Waals surface area contributed by atoms with E-state index < -0.39 is 96.6 Å². The number of aromatic amines is 1. The minimum atomic E-state index is -3.60. The van der Waals surface area contributed by atoms with E-state index in [2.05, 4.69) is 4.74 Å². The highest BCUT2D eigenvalue weighted by atomic mass is 16.6. The second-order valence-corrected chi connectivity index (χ2v) is 4.16. The highest BCUT2D eigenvalue weighted by molar-refractivity contribution is 5.84. The third kappa shape index (κ3) is 3.19. The predicted molar refractivity (Wildman–Crippen MR) is 82.5 cm³/mol. The molecule has 5 nitrogen and oxygen atoms in total. The lowest BCUT2D eigenvalue weighted by Crippen LogP contribution is -2.28. The molecular weight excluding hydrogens is 266 g/mol. The van der Waals surface area contributed by atoms with Gasteiger partial charge in [-0.15, -0.1) is 0 Å². The zero-order chi connectivity index (χ0) is 28.8. The van der Waals surface area contributed by atoms with Crippen LogP contribution in [0.15, 0.2) is 24.3 Å². The molecule has 2 N–H and O–H groups in total. The third-order valence-corrected chi connectivity index (χ3v) is 2.50. The Labute approximate surface area is 146 Å². The van der Waals surface area contributed by atoms with E-state index in [1.54, 1.807) is 0 Å². The van der Waals surface area contributed by atoms with Crippen molar-refractivity contribution in [3.05, 3.63) is 35.4 Å². The number of hydrogen-bond donors (Lipinski definition) is 2. The number of amides is 1. The van der Waals surface area contributed by atoms with Gasteiger partial charge in [0.1, 0.15) is 6.56 Å². The summed E-state index contributed by atoms with van der Waals surface area (Å²) in [6.07, 6.45) is -9.03. The summed E-state index contributed by atoms with van der Waals surface area (Å²) in [5, 5.41) is -1.16. The highest BCUT2D eigenvalue weighted by Gasteiger charge is 2.22. The van der Waals surface area contributed by atoms with Crippen molar-refractivity contribution in [2.75, 3.05) is 27.1 Å². The van der Waals surface area contributed by atoms with Crippen LogP contribution in [-0.4, -0.2) is 49.1 Å². The molecule has 1 aromatic carbocycles. The number of nitrogens with zero attached hydrogens (tertiary/aromatic N) is 1. The summed E-state index contributed by atoms with van der Waals surface area (Å²) in [6.45, 7) is -7.14. The van der Waals surface area contributed by atoms with E-state index in [0.717, 1.165) is 7.05 Å². The van der Waals surface area contributed by atoms with Crippen LogP contribution in [0.1, 0.15) is 30.3 Å². The Kier molecular flexibility index (Phi) is 1.23. The molecule has 0 bridgehead atoms. The molecule has 21 heavy (non-hydrogen) atoms. The fourth-order valence-corrected chi connectivity index (χ4v) is 1.62. The Hall–Kier alpha value is -2.01. The molecule has 1 aromatic heterocycles. The van der Waals surface area contributed by atoms with Gasteiger partial charge in [0, 0.05) is 33.2 Å². The summed E-state index contributed by atoms with van der Waals surface area (Å²) >= 11 is 0. The summed E-state index contributed by atoms with van der Waals surface area (Å²) in [4.78, 5) is 12.7. The second kappa shape index (κ2) is 5.77. The molecule has 0 aliphatic carbocycles. The summed E-state index contributed by atoms with van der Waals surface area (Å²) in [6, 6.07) is -6.76. The van der Waals surface area contributed by atoms with Gasteiger partial charge in [0.15, 0.2) is 2.82 Å². The molecule has 0 radical (unpaired) electrons. The number of ether oxygens (including phenoxy) is 1. The van der Waals surface area contributed by atoms with Crippen molar-refractivity contribution in [1.82, 2.24) is 15.2 Å². The fraction of sp³-hybridized carbons (Fsp3) is 0.438. The summed E-state index contributed by atoms with van der Waals surface area (Å²) < 4.78 is 134. The smallest absolute Gasteiger partial charge is 0.407 e. The highest BCUT2D eigenvalue weighted by Crippen LogP contribution is 2.21. The topological polar surface area (TPSA) is 57.4 Å². The molecule has 0 spiro atoms. The maximum absolute atomic E-state index is 11.9. The number of benzene rings is 1. The lowest BCUT2D eigenvalue weighted by atomic mass is 10.0. The number of H-pyrrole nitrogens is 1. The SMILES string of the molecule is [2H]c1c(C([2H])([2H])[C@]2([2H])N([2H])C(=O)OC2([2H])[2H])c([2H])c2c(C([2H])([2H])CN(C)C([2H])([2H])[2H])c([2H])n([2H])c2c1[2H]. The number of carbonyl (C=O) groups is 1. The maximum atomic E-state index is 11.9. The molecule has 1 amide bonds. The number of alkyl carbamates (subject to hydrolysis) is 1. The molecule has 2 heterocycles. The van der Waals surface area contributed by atoms with Crippen LogP contribution in [0.3, 0.4) is 0 Å². The Balaban J connectivity index is 2.43. The number of hydrogen-bond acceptors (Lipinski definition) is 3. The Morgan fingerprint density at radius 1 is 1.76 bits per heavy atom. The van der Waals surface area contributed by atoms with Crippen LogP contribution in [0.5, 0.6) is 0 Å². The Bertz CT molecular complexity index is 1290. The van der Waals surface area contributed by atoms with Gasteiger partial charge in [0.05, 0.1) is 15.6 Å². The van der Waals surface area contributed by atoms with E-state index >= 15 is 0 Å². The van der Waals surface area contributed by atoms with Gasteiger partial charge in [0.2, 0.25) is 0 Å². The van der Waals surface area contributed by atoms with Crippen LogP contribution in [0.25, 0.3) is 10.9 Å². The van der Waals surface area contributed by atoms with Gasteiger partial charge >= 0.3 is 6.09 Å². The average Bonchev–Trinajstić information content (AvgIpc) is 3.09. The quantitative estimate of drug-likeness (QED) is 0.887. The normalized spacial score (nSPS) is 37.6. The van der Waals surface area contributed by atoms with Gasteiger partial charge in [-0.3, -0.25) is 0 Å². The molecule has 5 heteroatoms. The van der Waals surface area contributed by atoms with E-state index in [1.807, 2.05) is 0 Å². The molecule has 0 unspecified atom stereocenters. The second-order valence-electron chi connectivity index (χ2n) is 4.16. The molecule has 1 aliphatic rings. The minimum absolute atomic E-state index is 0.227. The van der Waals surface area contributed by atoms with Crippen molar-refractivity contribution in [2.45, 2.75) is 18.8 Å². The van der Waals surface area contributed by atoms with Crippen LogP contribution in [-0.2, 0) is 17.5 Å². The van der Waals surface area contributed by atoms with E-state index in [1.165, 1.54) is 0 Å². The number of aromatic nitrogens is 1. The van der Waals surface area contributed by atoms with Gasteiger partial charge in [-0.1, -0.05) is 6.04 Å². The van der Waals surface area contributed by atoms with Crippen molar-refractivity contribution in [3.63, 3.8) is 0 Å². The van der Waals surface area contributed by atoms with Gasteiger partial charge in [0.25, 0.3) is 0 Å². The molecule has 1 aliphatic heterocycles. The van der Waals surface area contributed by atoms with E-state index in [4.69, 9.17) is 22.0 Å². The van der Waals surface area contributed by atoms with Crippen molar-refractivity contribution >= 4 is 17.0 Å². The lowest BCUT2D eigenvalue weighted by Gasteiger charge is -2.09. The van der Waals surface area contributed by atoms with Crippen LogP contribution in [0, 0.1) is 0 Å². The maximum Gasteiger partial charge on any atom is 0.407 e. The Morgan fingerprint density at radius 2 is 2.67 bits per heavy atom. The fourth-order valence-electron chi connectivity index (χ4n) is 1.62. The zero-order valence-electron chi connectivity index (χ0n) is 26.9. The molecule has 0 saturated carbocycles. The van der Waals surface area contributed by atoms with Gasteiger partial charge in [-0.25, -0.2) is 4.79 Å². The number of fused-ring (bicyclic) bond motifs is 1. The first-order chi connectivity index (χ1) is 16.5. The first-order valence-electron chi connectivity index (χ1n) is 13.7. The van der Waals surface area contributed by atoms with Crippen molar-refractivity contribution in [2.24, 2.45) is 0 Å².